The number of nitrogens with zero attached hydrogens (tertiary/aromatic N) is 3. The topological polar surface area (TPSA) is 62.7 Å². The molecule has 0 bridgehead atoms. The maximum absolute atomic E-state index is 12.0. The van der Waals surface area contributed by atoms with E-state index in [1.54, 1.807) is 4.90 Å². The van der Waals surface area contributed by atoms with Crippen LogP contribution in [0, 0.1) is 0 Å². The van der Waals surface area contributed by atoms with Crippen molar-refractivity contribution in [1.29, 1.82) is 0 Å². The SMILES string of the molecule is COC(=O)C1CCCN1Cc1cncc(-c2ccc3c(c2)CCC(=O)N3C)c1. The normalized spacial score (nSPS) is 19.6. The van der Waals surface area contributed by atoms with Gasteiger partial charge in [-0.15, -0.1) is 0 Å². The number of likely N-dealkylation sites (tertiary alicyclic amines) is 1. The number of benzene rings is 1. The molecular formula is C22H25N3O3. The quantitative estimate of drug-likeness (QED) is 0.765. The van der Waals surface area contributed by atoms with Gasteiger partial charge in [-0.3, -0.25) is 19.5 Å². The first kappa shape index (κ1) is 18.6. The van der Waals surface area contributed by atoms with Crippen molar-refractivity contribution in [3.05, 3.63) is 47.8 Å². The molecule has 1 aromatic carbocycles. The maximum atomic E-state index is 12.0. The van der Waals surface area contributed by atoms with Crippen LogP contribution in [0.5, 0.6) is 0 Å². The van der Waals surface area contributed by atoms with Gasteiger partial charge in [0.15, 0.2) is 0 Å². The zero-order chi connectivity index (χ0) is 19.7. The number of fused-ring (bicyclic) bond motifs is 1. The molecule has 1 unspecified atom stereocenters. The zero-order valence-electron chi connectivity index (χ0n) is 16.4. The summed E-state index contributed by atoms with van der Waals surface area (Å²) in [5.41, 5.74) is 5.41. The molecule has 0 spiro atoms. The number of aromatic nitrogens is 1. The van der Waals surface area contributed by atoms with E-state index >= 15 is 0 Å². The monoisotopic (exact) mass is 379 g/mol. The molecule has 1 saturated heterocycles. The number of aryl methyl sites for hydroxylation is 1. The minimum Gasteiger partial charge on any atom is -0.468 e. The fraction of sp³-hybridized carbons (Fsp3) is 0.409. The fourth-order valence-corrected chi connectivity index (χ4v) is 4.22. The molecule has 3 heterocycles. The van der Waals surface area contributed by atoms with Gasteiger partial charge in [0.05, 0.1) is 7.11 Å². The van der Waals surface area contributed by atoms with Crippen LogP contribution in [0.4, 0.5) is 5.69 Å². The smallest absolute Gasteiger partial charge is 0.323 e. The number of ether oxygens (including phenoxy) is 1. The number of carbonyl (C=O) groups is 2. The predicted molar refractivity (Wildman–Crippen MR) is 107 cm³/mol. The summed E-state index contributed by atoms with van der Waals surface area (Å²) in [6.45, 7) is 1.58. The molecule has 0 radical (unpaired) electrons. The number of hydrogen-bond donors (Lipinski definition) is 0. The summed E-state index contributed by atoms with van der Waals surface area (Å²) < 4.78 is 4.94. The highest BCUT2D eigenvalue weighted by atomic mass is 16.5. The molecule has 1 atom stereocenters. The molecule has 28 heavy (non-hydrogen) atoms. The van der Waals surface area contributed by atoms with Gasteiger partial charge in [0.25, 0.3) is 0 Å². The van der Waals surface area contributed by atoms with E-state index in [1.165, 1.54) is 12.7 Å². The van der Waals surface area contributed by atoms with Crippen LogP contribution in [0.25, 0.3) is 11.1 Å². The molecule has 146 valence electrons. The summed E-state index contributed by atoms with van der Waals surface area (Å²) in [6, 6.07) is 8.19. The summed E-state index contributed by atoms with van der Waals surface area (Å²) in [6.07, 6.45) is 6.90. The maximum Gasteiger partial charge on any atom is 0.323 e. The van der Waals surface area contributed by atoms with Crippen LogP contribution in [0.3, 0.4) is 0 Å². The van der Waals surface area contributed by atoms with E-state index in [-0.39, 0.29) is 17.9 Å². The highest BCUT2D eigenvalue weighted by Gasteiger charge is 2.31. The number of pyridine rings is 1. The predicted octanol–water partition coefficient (Wildman–Crippen LogP) is 2.80. The number of carbonyl (C=O) groups excluding carboxylic acids is 2. The van der Waals surface area contributed by atoms with Gasteiger partial charge >= 0.3 is 5.97 Å². The highest BCUT2D eigenvalue weighted by molar-refractivity contribution is 5.96. The molecule has 0 saturated carbocycles. The Bertz CT molecular complexity index is 912. The minimum atomic E-state index is -0.162. The van der Waals surface area contributed by atoms with Crippen molar-refractivity contribution in [3.8, 4) is 11.1 Å². The van der Waals surface area contributed by atoms with Crippen LogP contribution in [-0.2, 0) is 27.3 Å². The molecule has 2 aliphatic heterocycles. The van der Waals surface area contributed by atoms with Crippen LogP contribution in [0.2, 0.25) is 0 Å². The molecule has 2 aromatic rings. The summed E-state index contributed by atoms with van der Waals surface area (Å²) in [4.78, 5) is 32.2. The molecular weight excluding hydrogens is 354 g/mol. The van der Waals surface area contributed by atoms with E-state index in [9.17, 15) is 9.59 Å². The third kappa shape index (κ3) is 3.52. The summed E-state index contributed by atoms with van der Waals surface area (Å²) in [5, 5.41) is 0. The van der Waals surface area contributed by atoms with Crippen molar-refractivity contribution in [3.63, 3.8) is 0 Å². The molecule has 4 rings (SSSR count). The third-order valence-corrected chi connectivity index (χ3v) is 5.77. The average Bonchev–Trinajstić information content (AvgIpc) is 3.18. The zero-order valence-corrected chi connectivity index (χ0v) is 16.4. The molecule has 6 heteroatoms. The van der Waals surface area contributed by atoms with Gasteiger partial charge < -0.3 is 9.64 Å². The number of rotatable bonds is 4. The van der Waals surface area contributed by atoms with Gasteiger partial charge in [-0.2, -0.15) is 0 Å². The second-order valence-electron chi connectivity index (χ2n) is 7.53. The lowest BCUT2D eigenvalue weighted by molar-refractivity contribution is -0.146. The van der Waals surface area contributed by atoms with E-state index < -0.39 is 0 Å². The number of anilines is 1. The van der Waals surface area contributed by atoms with Gasteiger partial charge in [-0.1, -0.05) is 6.07 Å². The molecule has 1 fully saturated rings. The average molecular weight is 379 g/mol. The first-order valence-electron chi connectivity index (χ1n) is 9.72. The Hall–Kier alpha value is -2.73. The molecule has 6 nitrogen and oxygen atoms in total. The van der Waals surface area contributed by atoms with Crippen molar-refractivity contribution in [1.82, 2.24) is 9.88 Å². The second kappa shape index (κ2) is 7.72. The lowest BCUT2D eigenvalue weighted by atomic mass is 9.96. The van der Waals surface area contributed by atoms with E-state index in [0.29, 0.717) is 13.0 Å². The van der Waals surface area contributed by atoms with Gasteiger partial charge in [0.1, 0.15) is 6.04 Å². The minimum absolute atomic E-state index is 0.157. The molecule has 0 N–H and O–H groups in total. The molecule has 1 amide bonds. The summed E-state index contributed by atoms with van der Waals surface area (Å²) in [7, 11) is 3.28. The lowest BCUT2D eigenvalue weighted by Gasteiger charge is -2.26. The number of amides is 1. The fourth-order valence-electron chi connectivity index (χ4n) is 4.22. The van der Waals surface area contributed by atoms with Crippen molar-refractivity contribution in [2.45, 2.75) is 38.3 Å². The standard InChI is InChI=1S/C22H25N3O3/c1-24-19-7-5-16(11-17(19)6-8-21(24)26)18-10-15(12-23-13-18)14-25-9-3-4-20(25)22(27)28-2/h5,7,10-13,20H,3-4,6,8-9,14H2,1-2H3. The Balaban J connectivity index is 1.56. The van der Waals surface area contributed by atoms with Crippen molar-refractivity contribution in [2.24, 2.45) is 0 Å². The number of methoxy groups -OCH3 is 1. The third-order valence-electron chi connectivity index (χ3n) is 5.77. The van der Waals surface area contributed by atoms with E-state index in [1.807, 2.05) is 31.6 Å². The van der Waals surface area contributed by atoms with Crippen LogP contribution in [0.1, 0.15) is 30.4 Å². The molecule has 1 aromatic heterocycles. The number of esters is 1. The van der Waals surface area contributed by atoms with E-state index in [2.05, 4.69) is 22.0 Å². The van der Waals surface area contributed by atoms with Gasteiger partial charge in [-0.25, -0.2) is 0 Å². The van der Waals surface area contributed by atoms with Crippen LogP contribution < -0.4 is 4.90 Å². The molecule has 2 aliphatic rings. The lowest BCUT2D eigenvalue weighted by Crippen LogP contribution is -2.36. The largest absolute Gasteiger partial charge is 0.468 e. The van der Waals surface area contributed by atoms with Crippen LogP contribution in [-0.4, -0.2) is 48.5 Å². The Morgan fingerprint density at radius 1 is 1.21 bits per heavy atom. The van der Waals surface area contributed by atoms with E-state index in [4.69, 9.17) is 4.74 Å². The van der Waals surface area contributed by atoms with Gasteiger partial charge in [0.2, 0.25) is 5.91 Å². The van der Waals surface area contributed by atoms with Crippen molar-refractivity contribution in [2.75, 3.05) is 25.6 Å². The Morgan fingerprint density at radius 2 is 2.07 bits per heavy atom. The first-order valence-corrected chi connectivity index (χ1v) is 9.72. The van der Waals surface area contributed by atoms with Crippen molar-refractivity contribution >= 4 is 17.6 Å². The Morgan fingerprint density at radius 3 is 2.89 bits per heavy atom. The van der Waals surface area contributed by atoms with Gasteiger partial charge in [-0.05, 0) is 60.7 Å². The Kier molecular flexibility index (Phi) is 5.13. The number of hydrogen-bond acceptors (Lipinski definition) is 5. The first-order chi connectivity index (χ1) is 13.6. The molecule has 0 aliphatic carbocycles. The second-order valence-corrected chi connectivity index (χ2v) is 7.53. The van der Waals surface area contributed by atoms with Crippen LogP contribution >= 0.6 is 0 Å². The van der Waals surface area contributed by atoms with Gasteiger partial charge in [0, 0.05) is 43.7 Å². The van der Waals surface area contributed by atoms with Crippen molar-refractivity contribution < 1.29 is 14.3 Å². The highest BCUT2D eigenvalue weighted by Crippen LogP contribution is 2.31. The Labute approximate surface area is 165 Å². The summed E-state index contributed by atoms with van der Waals surface area (Å²) >= 11 is 0. The van der Waals surface area contributed by atoms with E-state index in [0.717, 1.165) is 48.2 Å². The van der Waals surface area contributed by atoms with Crippen LogP contribution in [0.15, 0.2) is 36.7 Å². The summed E-state index contributed by atoms with van der Waals surface area (Å²) in [5.74, 6) is 0.00431.